The van der Waals surface area contributed by atoms with E-state index in [0.717, 1.165) is 6.42 Å². The molecule has 2 aliphatic rings. The maximum Gasteiger partial charge on any atom is 0.155 e. The van der Waals surface area contributed by atoms with Gasteiger partial charge in [0.15, 0.2) is 5.78 Å². The average Bonchev–Trinajstić information content (AvgIpc) is 2.45. The van der Waals surface area contributed by atoms with E-state index in [-0.39, 0.29) is 16.6 Å². The molecule has 0 saturated heterocycles. The zero-order valence-electron chi connectivity index (χ0n) is 14.9. The van der Waals surface area contributed by atoms with Gasteiger partial charge >= 0.3 is 0 Å². The van der Waals surface area contributed by atoms with Crippen LogP contribution in [0.2, 0.25) is 0 Å². The fourth-order valence-corrected chi connectivity index (χ4v) is 4.73. The number of fused-ring (bicyclic) bond motifs is 1. The topological polar surface area (TPSA) is 37.3 Å². The highest BCUT2D eigenvalue weighted by molar-refractivity contribution is 5.92. The maximum absolute atomic E-state index is 12.2. The van der Waals surface area contributed by atoms with E-state index in [1.54, 1.807) is 6.08 Å². The van der Waals surface area contributed by atoms with Crippen molar-refractivity contribution in [2.75, 3.05) is 0 Å². The van der Waals surface area contributed by atoms with Gasteiger partial charge in [-0.3, -0.25) is 4.79 Å². The Bertz CT molecular complexity index is 502. The Labute approximate surface area is 135 Å². The maximum atomic E-state index is 12.2. The number of allylic oxidation sites excluding steroid dienone is 2. The fraction of sp³-hybridized carbons (Fsp3) is 0.750. The lowest BCUT2D eigenvalue weighted by Gasteiger charge is -2.58. The molecule has 2 heteroatoms. The Morgan fingerprint density at radius 2 is 2.14 bits per heavy atom. The summed E-state index contributed by atoms with van der Waals surface area (Å²) in [5.41, 5.74) is 0.655. The lowest BCUT2D eigenvalue weighted by atomic mass is 9.46. The number of hydrogen-bond donors (Lipinski definition) is 1. The molecular weight excluding hydrogens is 272 g/mol. The Balaban J connectivity index is 2.34. The van der Waals surface area contributed by atoms with Gasteiger partial charge in [-0.25, -0.2) is 0 Å². The van der Waals surface area contributed by atoms with Crippen molar-refractivity contribution in [2.45, 2.75) is 72.3 Å². The van der Waals surface area contributed by atoms with Crippen LogP contribution in [0.5, 0.6) is 0 Å². The number of rotatable bonds is 4. The van der Waals surface area contributed by atoms with Crippen LogP contribution in [0.4, 0.5) is 0 Å². The zero-order valence-corrected chi connectivity index (χ0v) is 14.9. The smallest absolute Gasteiger partial charge is 0.155 e. The van der Waals surface area contributed by atoms with Crippen LogP contribution in [0.25, 0.3) is 0 Å². The molecule has 2 nitrogen and oxygen atoms in total. The van der Waals surface area contributed by atoms with Crippen LogP contribution < -0.4 is 0 Å². The third-order valence-corrected chi connectivity index (χ3v) is 7.08. The van der Waals surface area contributed by atoms with Crippen molar-refractivity contribution in [1.29, 1.82) is 0 Å². The molecule has 0 amide bonds. The largest absolute Gasteiger partial charge is 0.386 e. The predicted molar refractivity (Wildman–Crippen MR) is 91.5 cm³/mol. The lowest BCUT2D eigenvalue weighted by molar-refractivity contribution is -0.124. The van der Waals surface area contributed by atoms with Gasteiger partial charge in [0.2, 0.25) is 0 Å². The van der Waals surface area contributed by atoms with Crippen molar-refractivity contribution < 1.29 is 9.90 Å². The molecule has 5 atom stereocenters. The summed E-state index contributed by atoms with van der Waals surface area (Å²) in [5, 5.41) is 10.3. The van der Waals surface area contributed by atoms with Gasteiger partial charge in [-0.1, -0.05) is 32.4 Å². The molecule has 22 heavy (non-hydrogen) atoms. The van der Waals surface area contributed by atoms with Gasteiger partial charge in [0.25, 0.3) is 0 Å². The molecule has 0 aromatic carbocycles. The van der Waals surface area contributed by atoms with E-state index in [0.29, 0.717) is 24.7 Å². The van der Waals surface area contributed by atoms with Crippen molar-refractivity contribution in [3.63, 3.8) is 0 Å². The molecule has 0 radical (unpaired) electrons. The Morgan fingerprint density at radius 3 is 2.73 bits per heavy atom. The van der Waals surface area contributed by atoms with Crippen molar-refractivity contribution in [3.05, 3.63) is 24.3 Å². The molecule has 0 aromatic heterocycles. The van der Waals surface area contributed by atoms with Crippen molar-refractivity contribution in [3.8, 4) is 0 Å². The summed E-state index contributed by atoms with van der Waals surface area (Å²) in [7, 11) is 0. The second kappa shape index (κ2) is 5.63. The molecule has 0 heterocycles. The van der Waals surface area contributed by atoms with Crippen LogP contribution in [-0.2, 0) is 4.79 Å². The van der Waals surface area contributed by atoms with Crippen LogP contribution in [0.1, 0.15) is 66.7 Å². The molecule has 0 unspecified atom stereocenters. The molecule has 124 valence electrons. The summed E-state index contributed by atoms with van der Waals surface area (Å²) in [5.74, 6) is 1.22. The molecule has 2 rings (SSSR count). The lowest BCUT2D eigenvalue weighted by Crippen LogP contribution is -2.51. The van der Waals surface area contributed by atoms with E-state index in [4.69, 9.17) is 0 Å². The highest BCUT2D eigenvalue weighted by Gasteiger charge is 2.54. The van der Waals surface area contributed by atoms with Gasteiger partial charge in [0.05, 0.1) is 5.60 Å². The van der Waals surface area contributed by atoms with E-state index in [9.17, 15) is 9.90 Å². The second-order valence-electron chi connectivity index (χ2n) is 8.47. The van der Waals surface area contributed by atoms with Gasteiger partial charge < -0.3 is 5.11 Å². The van der Waals surface area contributed by atoms with Crippen LogP contribution in [0.3, 0.4) is 0 Å². The third-order valence-electron chi connectivity index (χ3n) is 7.08. The second-order valence-corrected chi connectivity index (χ2v) is 8.47. The van der Waals surface area contributed by atoms with Gasteiger partial charge in [0.1, 0.15) is 0 Å². The van der Waals surface area contributed by atoms with Crippen molar-refractivity contribution >= 4 is 5.78 Å². The van der Waals surface area contributed by atoms with E-state index in [2.05, 4.69) is 34.3 Å². The summed E-state index contributed by atoms with van der Waals surface area (Å²) in [6.45, 7) is 14.7. The monoisotopic (exact) mass is 304 g/mol. The highest BCUT2D eigenvalue weighted by Crippen LogP contribution is 2.61. The average molecular weight is 304 g/mol. The van der Waals surface area contributed by atoms with Gasteiger partial charge in [0, 0.05) is 6.42 Å². The first-order valence-corrected chi connectivity index (χ1v) is 8.63. The van der Waals surface area contributed by atoms with E-state index >= 15 is 0 Å². The van der Waals surface area contributed by atoms with Crippen LogP contribution in [0.15, 0.2) is 24.3 Å². The zero-order chi connectivity index (χ0) is 16.8. The molecular formula is C20H32O2. The minimum Gasteiger partial charge on any atom is -0.386 e. The predicted octanol–water partition coefficient (Wildman–Crippen LogP) is 4.68. The SMILES string of the molecule is C=C[C@@](C)(O)CC[C@]1(C)[C@@H](C)CC[C@@]2(C)C(C)=CC(=O)C[C@@H]12. The van der Waals surface area contributed by atoms with Gasteiger partial charge in [-0.2, -0.15) is 0 Å². The molecule has 1 N–H and O–H groups in total. The quantitative estimate of drug-likeness (QED) is 0.766. The van der Waals surface area contributed by atoms with Crippen molar-refractivity contribution in [1.82, 2.24) is 0 Å². The number of carbonyl (C=O) groups excluding carboxylic acids is 1. The van der Waals surface area contributed by atoms with Crippen LogP contribution in [0, 0.1) is 22.7 Å². The Kier molecular flexibility index (Phi) is 4.47. The first-order valence-electron chi connectivity index (χ1n) is 8.63. The van der Waals surface area contributed by atoms with E-state index in [1.807, 2.05) is 13.0 Å². The Hall–Kier alpha value is -0.890. The van der Waals surface area contributed by atoms with E-state index in [1.165, 1.54) is 18.4 Å². The molecule has 1 fully saturated rings. The third kappa shape index (κ3) is 2.82. The molecule has 2 aliphatic carbocycles. The molecule has 1 saturated carbocycles. The number of hydrogen-bond acceptors (Lipinski definition) is 2. The fourth-order valence-electron chi connectivity index (χ4n) is 4.73. The van der Waals surface area contributed by atoms with Crippen LogP contribution >= 0.6 is 0 Å². The normalized spacial score (nSPS) is 41.4. The molecule has 0 aromatic rings. The molecule has 0 aliphatic heterocycles. The first-order chi connectivity index (χ1) is 10.0. The summed E-state index contributed by atoms with van der Waals surface area (Å²) in [6, 6.07) is 0. The first kappa shape index (κ1) is 17.5. The van der Waals surface area contributed by atoms with Crippen LogP contribution in [-0.4, -0.2) is 16.5 Å². The van der Waals surface area contributed by atoms with E-state index < -0.39 is 5.60 Å². The summed E-state index contributed by atoms with van der Waals surface area (Å²) in [6.07, 6.45) is 8.17. The standard InChI is InChI=1S/C20H32O2/c1-7-18(4,22)10-11-20(6)14(2)8-9-19(5)15(3)12-16(21)13-17(19)20/h7,12,14,17,22H,1,8-11,13H2,2-6H3/t14-,17+,18+,19-,20+/m0/s1. The van der Waals surface area contributed by atoms with Gasteiger partial charge in [-0.05, 0) is 68.3 Å². The summed E-state index contributed by atoms with van der Waals surface area (Å²) in [4.78, 5) is 12.2. The molecule has 0 spiro atoms. The number of carbonyl (C=O) groups is 1. The summed E-state index contributed by atoms with van der Waals surface area (Å²) >= 11 is 0. The minimum atomic E-state index is -0.819. The summed E-state index contributed by atoms with van der Waals surface area (Å²) < 4.78 is 0. The van der Waals surface area contributed by atoms with Gasteiger partial charge in [-0.15, -0.1) is 6.58 Å². The minimum absolute atomic E-state index is 0.0885. The number of aliphatic hydroxyl groups is 1. The van der Waals surface area contributed by atoms with Crippen molar-refractivity contribution in [2.24, 2.45) is 22.7 Å². The highest BCUT2D eigenvalue weighted by atomic mass is 16.3. The number of ketones is 1. The molecule has 0 bridgehead atoms. The Morgan fingerprint density at radius 1 is 1.50 bits per heavy atom.